The van der Waals surface area contributed by atoms with Gasteiger partial charge in [0.2, 0.25) is 5.91 Å². The maximum absolute atomic E-state index is 14.5. The Morgan fingerprint density at radius 1 is 1.14 bits per heavy atom. The first-order valence-corrected chi connectivity index (χ1v) is 15.7. The minimum absolute atomic E-state index is 0.0527. The third-order valence-electron chi connectivity index (χ3n) is 10.3. The van der Waals surface area contributed by atoms with Crippen molar-refractivity contribution in [2.75, 3.05) is 66.2 Å². The molecule has 4 aliphatic heterocycles. The fourth-order valence-electron chi connectivity index (χ4n) is 7.99. The van der Waals surface area contributed by atoms with Crippen molar-refractivity contribution in [1.29, 1.82) is 0 Å². The van der Waals surface area contributed by atoms with Gasteiger partial charge in [-0.2, -0.15) is 13.2 Å². The first kappa shape index (κ1) is 30.6. The molecule has 238 valence electrons. The normalized spacial score (nSPS) is 31.3. The second kappa shape index (κ2) is 12.5. The van der Waals surface area contributed by atoms with Crippen LogP contribution in [0.25, 0.3) is 0 Å². The summed E-state index contributed by atoms with van der Waals surface area (Å²) in [4.78, 5) is 33.3. The lowest BCUT2D eigenvalue weighted by Gasteiger charge is -2.38. The molecule has 1 N–H and O–H groups in total. The molecular weight excluding hydrogens is 565 g/mol. The van der Waals surface area contributed by atoms with Crippen LogP contribution in [0.3, 0.4) is 0 Å². The highest BCUT2D eigenvalue weighted by atomic mass is 19.4. The number of nitrogens with zero attached hydrogens (tertiary/aromatic N) is 3. The van der Waals surface area contributed by atoms with E-state index < -0.39 is 23.2 Å². The maximum atomic E-state index is 14.5. The summed E-state index contributed by atoms with van der Waals surface area (Å²) in [6.45, 7) is 5.48. The Labute approximate surface area is 251 Å². The van der Waals surface area contributed by atoms with E-state index >= 15 is 0 Å². The number of halogens is 3. The number of nitrogens with one attached hydrogen (secondary N) is 1. The number of fused-ring (bicyclic) bond motifs is 2. The average Bonchev–Trinajstić information content (AvgIpc) is 3.72. The van der Waals surface area contributed by atoms with Gasteiger partial charge in [-0.1, -0.05) is 6.07 Å². The van der Waals surface area contributed by atoms with Crippen molar-refractivity contribution in [3.8, 4) is 0 Å². The molecule has 0 bridgehead atoms. The van der Waals surface area contributed by atoms with Crippen LogP contribution in [0.5, 0.6) is 0 Å². The van der Waals surface area contributed by atoms with Crippen LogP contribution in [-0.2, 0) is 38.1 Å². The molecule has 4 fully saturated rings. The number of alkyl halides is 3. The summed E-state index contributed by atoms with van der Waals surface area (Å²) in [5.74, 6) is -0.153. The van der Waals surface area contributed by atoms with Crippen LogP contribution in [-0.4, -0.2) is 111 Å². The summed E-state index contributed by atoms with van der Waals surface area (Å²) in [7, 11) is 1.67. The van der Waals surface area contributed by atoms with E-state index in [-0.39, 0.29) is 43.1 Å². The summed E-state index contributed by atoms with van der Waals surface area (Å²) in [5.41, 5.74) is -0.138. The van der Waals surface area contributed by atoms with E-state index in [9.17, 15) is 22.8 Å². The summed E-state index contributed by atoms with van der Waals surface area (Å²) in [5, 5.41) is 3.74. The summed E-state index contributed by atoms with van der Waals surface area (Å²) >= 11 is 0. The van der Waals surface area contributed by atoms with Crippen molar-refractivity contribution in [2.45, 2.75) is 69.4 Å². The first-order chi connectivity index (χ1) is 20.7. The van der Waals surface area contributed by atoms with Gasteiger partial charge in [0, 0.05) is 58.5 Å². The van der Waals surface area contributed by atoms with Crippen molar-refractivity contribution >= 4 is 12.0 Å². The van der Waals surface area contributed by atoms with Crippen LogP contribution < -0.4 is 5.32 Å². The molecular formula is C31H43F3N4O5. The number of hydrogen-bond donors (Lipinski definition) is 1. The molecule has 2 amide bonds. The van der Waals surface area contributed by atoms with Gasteiger partial charge < -0.3 is 29.3 Å². The van der Waals surface area contributed by atoms with E-state index in [1.54, 1.807) is 16.9 Å². The number of likely N-dealkylation sites (tertiary alicyclic amines) is 2. The molecule has 1 aromatic carbocycles. The van der Waals surface area contributed by atoms with E-state index in [4.69, 9.17) is 14.2 Å². The molecule has 1 aromatic rings. The zero-order chi connectivity index (χ0) is 30.2. The standard InChI is InChI=1S/C31H43F3N4O5/c1-41-27-19-42-12-7-26(27)35-25-15-24-18-38(29(40)43-13-11-36-8-2-3-9-36)20-30(24,16-25)28(39)37-10-6-21-4-5-23(31(32,33)34)14-22(21)17-37/h4-5,14,24-27,35H,2-3,6-13,15-20H2,1H3/t24-,25+,26?,27?,30-/m0/s1. The van der Waals surface area contributed by atoms with E-state index in [0.29, 0.717) is 57.9 Å². The molecule has 1 aliphatic carbocycles. The van der Waals surface area contributed by atoms with E-state index in [2.05, 4.69) is 10.2 Å². The lowest BCUT2D eigenvalue weighted by Crippen LogP contribution is -2.52. The number of carbonyl (C=O) groups excluding carboxylic acids is 2. The van der Waals surface area contributed by atoms with Crippen LogP contribution in [0.15, 0.2) is 18.2 Å². The minimum Gasteiger partial charge on any atom is -0.448 e. The Bertz CT molecular complexity index is 1180. The molecule has 2 unspecified atom stereocenters. The summed E-state index contributed by atoms with van der Waals surface area (Å²) in [6, 6.07) is 3.98. The molecule has 1 saturated carbocycles. The minimum atomic E-state index is -4.44. The Kier molecular flexibility index (Phi) is 8.92. The quantitative estimate of drug-likeness (QED) is 0.509. The van der Waals surface area contributed by atoms with Crippen LogP contribution in [0.1, 0.15) is 48.8 Å². The molecule has 0 spiro atoms. The van der Waals surface area contributed by atoms with E-state index in [1.807, 2.05) is 0 Å². The van der Waals surface area contributed by atoms with Crippen LogP contribution in [0.4, 0.5) is 18.0 Å². The fourth-order valence-corrected chi connectivity index (χ4v) is 7.99. The van der Waals surface area contributed by atoms with Crippen molar-refractivity contribution in [3.05, 3.63) is 34.9 Å². The number of amides is 2. The van der Waals surface area contributed by atoms with Gasteiger partial charge in [-0.3, -0.25) is 9.69 Å². The van der Waals surface area contributed by atoms with Gasteiger partial charge in [0.25, 0.3) is 0 Å². The smallest absolute Gasteiger partial charge is 0.416 e. The van der Waals surface area contributed by atoms with Gasteiger partial charge >= 0.3 is 12.3 Å². The Balaban J connectivity index is 1.18. The topological polar surface area (TPSA) is 83.6 Å². The second-order valence-corrected chi connectivity index (χ2v) is 12.9. The van der Waals surface area contributed by atoms with E-state index in [0.717, 1.165) is 37.6 Å². The molecule has 6 rings (SSSR count). The van der Waals surface area contributed by atoms with Crippen molar-refractivity contribution in [1.82, 2.24) is 20.0 Å². The van der Waals surface area contributed by atoms with Crippen molar-refractivity contribution < 1.29 is 37.0 Å². The predicted molar refractivity (Wildman–Crippen MR) is 151 cm³/mol. The Hall–Kier alpha value is -2.41. The molecule has 9 nitrogen and oxygen atoms in total. The Morgan fingerprint density at radius 2 is 1.95 bits per heavy atom. The van der Waals surface area contributed by atoms with Crippen LogP contribution >= 0.6 is 0 Å². The molecule has 4 heterocycles. The highest BCUT2D eigenvalue weighted by molar-refractivity contribution is 5.86. The third-order valence-corrected chi connectivity index (χ3v) is 10.3. The fraction of sp³-hybridized carbons (Fsp3) is 0.742. The lowest BCUT2D eigenvalue weighted by atomic mass is 9.78. The number of rotatable bonds is 7. The zero-order valence-electron chi connectivity index (χ0n) is 24.9. The average molecular weight is 609 g/mol. The number of carbonyl (C=O) groups is 2. The molecule has 0 radical (unpaired) electrons. The molecule has 12 heteroatoms. The van der Waals surface area contributed by atoms with Gasteiger partial charge in [0.15, 0.2) is 0 Å². The molecule has 5 aliphatic rings. The van der Waals surface area contributed by atoms with Gasteiger partial charge in [-0.25, -0.2) is 4.79 Å². The first-order valence-electron chi connectivity index (χ1n) is 15.7. The molecule has 3 saturated heterocycles. The number of methoxy groups -OCH3 is 1. The molecule has 5 atom stereocenters. The second-order valence-electron chi connectivity index (χ2n) is 12.9. The highest BCUT2D eigenvalue weighted by Crippen LogP contribution is 2.51. The SMILES string of the molecule is COC1COCCC1N[C@@H]1C[C@H]2CN(C(=O)OCCN3CCCC3)C[C@@]2(C(=O)N2CCc3ccc(C(F)(F)F)cc3C2)C1. The summed E-state index contributed by atoms with van der Waals surface area (Å²) in [6.07, 6.45) is -0.00796. The molecule has 0 aromatic heterocycles. The van der Waals surface area contributed by atoms with Gasteiger partial charge in [0.1, 0.15) is 6.61 Å². The van der Waals surface area contributed by atoms with Crippen molar-refractivity contribution in [3.63, 3.8) is 0 Å². The largest absolute Gasteiger partial charge is 0.448 e. The third kappa shape index (κ3) is 6.39. The Morgan fingerprint density at radius 3 is 2.72 bits per heavy atom. The number of hydrogen-bond acceptors (Lipinski definition) is 7. The predicted octanol–water partition coefficient (Wildman–Crippen LogP) is 3.30. The van der Waals surface area contributed by atoms with Crippen molar-refractivity contribution in [2.24, 2.45) is 11.3 Å². The lowest BCUT2D eigenvalue weighted by molar-refractivity contribution is -0.143. The zero-order valence-corrected chi connectivity index (χ0v) is 24.9. The number of benzene rings is 1. The maximum Gasteiger partial charge on any atom is 0.416 e. The van der Waals surface area contributed by atoms with Crippen LogP contribution in [0, 0.1) is 11.3 Å². The highest BCUT2D eigenvalue weighted by Gasteiger charge is 2.60. The molecule has 43 heavy (non-hydrogen) atoms. The van der Waals surface area contributed by atoms with Gasteiger partial charge in [0.05, 0.1) is 23.7 Å². The van der Waals surface area contributed by atoms with Gasteiger partial charge in [-0.05, 0) is 80.8 Å². The number of ether oxygens (including phenoxy) is 3. The van der Waals surface area contributed by atoms with Crippen LogP contribution in [0.2, 0.25) is 0 Å². The summed E-state index contributed by atoms with van der Waals surface area (Å²) < 4.78 is 57.3. The van der Waals surface area contributed by atoms with E-state index in [1.165, 1.54) is 25.0 Å². The monoisotopic (exact) mass is 608 g/mol. The van der Waals surface area contributed by atoms with Gasteiger partial charge in [-0.15, -0.1) is 0 Å².